The summed E-state index contributed by atoms with van der Waals surface area (Å²) in [5, 5.41) is 0. The molecule has 0 atom stereocenters. The minimum atomic E-state index is -3.62. The van der Waals surface area contributed by atoms with E-state index >= 15 is 0 Å². The van der Waals surface area contributed by atoms with E-state index in [9.17, 15) is 13.2 Å². The zero-order valence-electron chi connectivity index (χ0n) is 13.1. The van der Waals surface area contributed by atoms with Gasteiger partial charge < -0.3 is 4.98 Å². The number of hydrogen-bond donors (Lipinski definition) is 2. The SMILES string of the molecule is CC1(NS(=O)(=O)c2ccc3[nH]c(=O)n(-c4ccccc4)c3c2)CC1. The van der Waals surface area contributed by atoms with Crippen LogP contribution in [0.15, 0.2) is 58.2 Å². The van der Waals surface area contributed by atoms with Crippen molar-refractivity contribution in [1.82, 2.24) is 14.3 Å². The smallest absolute Gasteiger partial charge is 0.305 e. The lowest BCUT2D eigenvalue weighted by Crippen LogP contribution is -2.34. The van der Waals surface area contributed by atoms with Crippen LogP contribution in [0.4, 0.5) is 0 Å². The number of sulfonamides is 1. The van der Waals surface area contributed by atoms with E-state index in [2.05, 4.69) is 9.71 Å². The van der Waals surface area contributed by atoms with E-state index in [-0.39, 0.29) is 16.1 Å². The second-order valence-electron chi connectivity index (χ2n) is 6.45. The highest BCUT2D eigenvalue weighted by Crippen LogP contribution is 2.36. The van der Waals surface area contributed by atoms with Crippen molar-refractivity contribution in [3.63, 3.8) is 0 Å². The average Bonchev–Trinajstić information content (AvgIpc) is 3.16. The van der Waals surface area contributed by atoms with Crippen molar-refractivity contribution < 1.29 is 8.42 Å². The van der Waals surface area contributed by atoms with Crippen molar-refractivity contribution in [2.45, 2.75) is 30.2 Å². The fraction of sp³-hybridized carbons (Fsp3) is 0.235. The van der Waals surface area contributed by atoms with E-state index in [0.29, 0.717) is 16.7 Å². The summed E-state index contributed by atoms with van der Waals surface area (Å²) in [6, 6.07) is 13.8. The molecule has 0 unspecified atom stereocenters. The van der Waals surface area contributed by atoms with Crippen LogP contribution in [0.25, 0.3) is 16.7 Å². The molecule has 0 amide bonds. The molecular formula is C17H17N3O3S. The Morgan fingerprint density at radius 1 is 1.12 bits per heavy atom. The van der Waals surface area contributed by atoms with Crippen molar-refractivity contribution in [1.29, 1.82) is 0 Å². The minimum absolute atomic E-state index is 0.159. The Kier molecular flexibility index (Phi) is 3.20. The number of aromatic nitrogens is 2. The second kappa shape index (κ2) is 5.06. The first-order valence-corrected chi connectivity index (χ1v) is 9.21. The van der Waals surface area contributed by atoms with Gasteiger partial charge in [0.05, 0.1) is 21.6 Å². The molecule has 0 aliphatic heterocycles. The van der Waals surface area contributed by atoms with Gasteiger partial charge in [-0.05, 0) is 50.1 Å². The van der Waals surface area contributed by atoms with Crippen molar-refractivity contribution in [3.8, 4) is 5.69 Å². The van der Waals surface area contributed by atoms with Gasteiger partial charge in [0, 0.05) is 5.54 Å². The number of nitrogens with one attached hydrogen (secondary N) is 2. The van der Waals surface area contributed by atoms with Crippen molar-refractivity contribution in [2.24, 2.45) is 0 Å². The number of para-hydroxylation sites is 1. The van der Waals surface area contributed by atoms with Crippen LogP contribution in [-0.2, 0) is 10.0 Å². The Morgan fingerprint density at radius 2 is 1.83 bits per heavy atom. The van der Waals surface area contributed by atoms with Crippen LogP contribution in [-0.4, -0.2) is 23.5 Å². The van der Waals surface area contributed by atoms with Crippen LogP contribution >= 0.6 is 0 Å². The molecule has 2 aromatic carbocycles. The topological polar surface area (TPSA) is 84.0 Å². The molecule has 0 bridgehead atoms. The summed E-state index contributed by atoms with van der Waals surface area (Å²) >= 11 is 0. The number of H-pyrrole nitrogens is 1. The normalized spacial score (nSPS) is 16.4. The molecule has 4 rings (SSSR count). The Morgan fingerprint density at radius 3 is 2.50 bits per heavy atom. The van der Waals surface area contributed by atoms with E-state index in [1.165, 1.54) is 16.7 Å². The minimum Gasteiger partial charge on any atom is -0.305 e. The van der Waals surface area contributed by atoms with E-state index in [4.69, 9.17) is 0 Å². The molecule has 1 aliphatic rings. The first kappa shape index (κ1) is 15.2. The summed E-state index contributed by atoms with van der Waals surface area (Å²) in [4.78, 5) is 15.2. The lowest BCUT2D eigenvalue weighted by Gasteiger charge is -2.12. The molecule has 0 radical (unpaired) electrons. The highest BCUT2D eigenvalue weighted by molar-refractivity contribution is 7.89. The van der Waals surface area contributed by atoms with Crippen LogP contribution in [0.2, 0.25) is 0 Å². The lowest BCUT2D eigenvalue weighted by atomic mass is 10.3. The molecule has 1 saturated carbocycles. The van der Waals surface area contributed by atoms with Gasteiger partial charge in [-0.3, -0.25) is 4.57 Å². The molecule has 0 spiro atoms. The highest BCUT2D eigenvalue weighted by atomic mass is 32.2. The molecule has 3 aromatic rings. The summed E-state index contributed by atoms with van der Waals surface area (Å²) in [6.45, 7) is 1.89. The number of nitrogens with zero attached hydrogens (tertiary/aromatic N) is 1. The number of aromatic amines is 1. The highest BCUT2D eigenvalue weighted by Gasteiger charge is 2.41. The van der Waals surface area contributed by atoms with Crippen molar-refractivity contribution in [3.05, 3.63) is 59.0 Å². The van der Waals surface area contributed by atoms with Crippen LogP contribution in [0.3, 0.4) is 0 Å². The van der Waals surface area contributed by atoms with E-state index < -0.39 is 10.0 Å². The van der Waals surface area contributed by atoms with Gasteiger partial charge in [0.1, 0.15) is 0 Å². The summed E-state index contributed by atoms with van der Waals surface area (Å²) in [7, 11) is -3.62. The molecule has 7 heteroatoms. The third-order valence-corrected chi connectivity index (χ3v) is 6.00. The Labute approximate surface area is 139 Å². The number of imidazole rings is 1. The Balaban J connectivity index is 1.88. The molecule has 6 nitrogen and oxygen atoms in total. The predicted molar refractivity (Wildman–Crippen MR) is 91.9 cm³/mol. The fourth-order valence-electron chi connectivity index (χ4n) is 2.76. The van der Waals surface area contributed by atoms with Crippen molar-refractivity contribution >= 4 is 21.1 Å². The zero-order valence-corrected chi connectivity index (χ0v) is 13.9. The van der Waals surface area contributed by atoms with Gasteiger partial charge in [-0.25, -0.2) is 17.9 Å². The predicted octanol–water partition coefficient (Wildman–Crippen LogP) is 2.15. The molecule has 1 aromatic heterocycles. The maximum atomic E-state index is 12.6. The average molecular weight is 343 g/mol. The van der Waals surface area contributed by atoms with Crippen LogP contribution in [0.1, 0.15) is 19.8 Å². The number of hydrogen-bond acceptors (Lipinski definition) is 3. The summed E-state index contributed by atoms with van der Waals surface area (Å²) in [5.41, 5.74) is 1.18. The summed E-state index contributed by atoms with van der Waals surface area (Å²) in [6.07, 6.45) is 1.68. The van der Waals surface area contributed by atoms with Gasteiger partial charge >= 0.3 is 5.69 Å². The molecule has 1 fully saturated rings. The second-order valence-corrected chi connectivity index (χ2v) is 8.13. The first-order valence-electron chi connectivity index (χ1n) is 7.72. The standard InChI is InChI=1S/C17H17N3O3S/c1-17(9-10-17)19-24(22,23)13-7-8-14-15(11-13)20(16(21)18-14)12-5-3-2-4-6-12/h2-8,11,19H,9-10H2,1H3,(H,18,21). The molecule has 124 valence electrons. The van der Waals surface area contributed by atoms with Gasteiger partial charge in [0.15, 0.2) is 0 Å². The number of benzene rings is 2. The summed E-state index contributed by atoms with van der Waals surface area (Å²) in [5.74, 6) is 0. The third kappa shape index (κ3) is 2.55. The maximum Gasteiger partial charge on any atom is 0.331 e. The molecular weight excluding hydrogens is 326 g/mol. The first-order chi connectivity index (χ1) is 11.4. The monoisotopic (exact) mass is 343 g/mol. The third-order valence-electron chi connectivity index (χ3n) is 4.36. The van der Waals surface area contributed by atoms with Gasteiger partial charge in [-0.1, -0.05) is 18.2 Å². The van der Waals surface area contributed by atoms with Crippen LogP contribution in [0.5, 0.6) is 0 Å². The molecule has 1 heterocycles. The van der Waals surface area contributed by atoms with Crippen molar-refractivity contribution in [2.75, 3.05) is 0 Å². The molecule has 24 heavy (non-hydrogen) atoms. The van der Waals surface area contributed by atoms with Crippen LogP contribution in [0, 0.1) is 0 Å². The number of rotatable bonds is 4. The van der Waals surface area contributed by atoms with E-state index in [1.807, 2.05) is 25.1 Å². The largest absolute Gasteiger partial charge is 0.331 e. The van der Waals surface area contributed by atoms with Crippen LogP contribution < -0.4 is 10.4 Å². The zero-order chi connectivity index (χ0) is 16.9. The Bertz CT molecular complexity index is 1080. The summed E-state index contributed by atoms with van der Waals surface area (Å²) < 4.78 is 29.4. The maximum absolute atomic E-state index is 12.6. The molecule has 1 aliphatic carbocycles. The van der Waals surface area contributed by atoms with Gasteiger partial charge in [-0.2, -0.15) is 0 Å². The van der Waals surface area contributed by atoms with Gasteiger partial charge in [0.2, 0.25) is 10.0 Å². The van der Waals surface area contributed by atoms with Gasteiger partial charge in [0.25, 0.3) is 0 Å². The number of fused-ring (bicyclic) bond motifs is 1. The van der Waals surface area contributed by atoms with E-state index in [1.54, 1.807) is 18.2 Å². The fourth-order valence-corrected chi connectivity index (χ4v) is 4.24. The Hall–Kier alpha value is -2.38. The van der Waals surface area contributed by atoms with E-state index in [0.717, 1.165) is 12.8 Å². The van der Waals surface area contributed by atoms with Gasteiger partial charge in [-0.15, -0.1) is 0 Å². The quantitative estimate of drug-likeness (QED) is 0.761. The lowest BCUT2D eigenvalue weighted by molar-refractivity contribution is 0.558. The molecule has 0 saturated heterocycles. The molecule has 2 N–H and O–H groups in total.